The minimum absolute atomic E-state index is 1.05. The quantitative estimate of drug-likeness (QED) is 0.814. The number of para-hydroxylation sites is 1. The van der Waals surface area contributed by atoms with Gasteiger partial charge in [0.2, 0.25) is 0 Å². The molecule has 1 aliphatic heterocycles. The Morgan fingerprint density at radius 3 is 2.35 bits per heavy atom. The fraction of sp³-hybridized carbons (Fsp3) is 0.500. The molecule has 1 fully saturated rings. The van der Waals surface area contributed by atoms with E-state index in [1.807, 2.05) is 11.8 Å². The summed E-state index contributed by atoms with van der Waals surface area (Å²) in [6.45, 7) is 5.51. The van der Waals surface area contributed by atoms with Crippen LogP contribution in [0.2, 0.25) is 0 Å². The molecule has 0 bridgehead atoms. The molecule has 1 aromatic carbocycles. The maximum Gasteiger partial charge on any atom is 0.164 e. The molecule has 3 heteroatoms. The maximum atomic E-state index is 4.89. The normalized spacial score (nSPS) is 18.1. The average molecular weight is 248 g/mol. The molecule has 2 rings (SSSR count). The van der Waals surface area contributed by atoms with E-state index >= 15 is 0 Å². The number of hydrogen-bond donors (Lipinski definition) is 0. The van der Waals surface area contributed by atoms with Crippen LogP contribution < -0.4 is 0 Å². The van der Waals surface area contributed by atoms with E-state index in [-0.39, 0.29) is 0 Å². The van der Waals surface area contributed by atoms with Crippen LogP contribution in [0.4, 0.5) is 5.69 Å². The van der Waals surface area contributed by atoms with Crippen LogP contribution >= 0.6 is 11.8 Å². The summed E-state index contributed by atoms with van der Waals surface area (Å²) in [6, 6.07) is 6.53. The van der Waals surface area contributed by atoms with Gasteiger partial charge in [-0.15, -0.1) is 0 Å². The number of hydrogen-bond acceptors (Lipinski definition) is 2. The molecule has 0 unspecified atom stereocenters. The summed E-state index contributed by atoms with van der Waals surface area (Å²) in [4.78, 5) is 7.13. The van der Waals surface area contributed by atoms with E-state index < -0.39 is 0 Å². The van der Waals surface area contributed by atoms with Gasteiger partial charge in [-0.2, -0.15) is 0 Å². The molecule has 1 aromatic rings. The van der Waals surface area contributed by atoms with Crippen molar-refractivity contribution in [3.05, 3.63) is 29.3 Å². The van der Waals surface area contributed by atoms with Crippen LogP contribution in [-0.2, 0) is 12.8 Å². The molecule has 1 saturated heterocycles. The number of rotatable bonds is 3. The third-order valence-corrected chi connectivity index (χ3v) is 4.20. The van der Waals surface area contributed by atoms with Crippen molar-refractivity contribution in [3.63, 3.8) is 0 Å². The molecule has 1 aliphatic rings. The molecule has 0 saturated carbocycles. The Hall–Kier alpha value is -0.960. The number of amidine groups is 1. The molecule has 92 valence electrons. The fourth-order valence-electron chi connectivity index (χ4n) is 2.05. The average Bonchev–Trinajstić information content (AvgIpc) is 2.75. The Bertz CT molecular complexity index is 404. The molecule has 0 aromatic heterocycles. The van der Waals surface area contributed by atoms with Gasteiger partial charge in [0.15, 0.2) is 5.17 Å². The van der Waals surface area contributed by atoms with E-state index in [0.29, 0.717) is 0 Å². The summed E-state index contributed by atoms with van der Waals surface area (Å²) in [5, 5.41) is 1.17. The second-order valence-corrected chi connectivity index (χ2v) is 5.36. The summed E-state index contributed by atoms with van der Waals surface area (Å²) in [7, 11) is 2.12. The largest absolute Gasteiger partial charge is 0.353 e. The number of nitrogens with zero attached hydrogens (tertiary/aromatic N) is 2. The van der Waals surface area contributed by atoms with E-state index in [0.717, 1.165) is 25.1 Å². The fourth-order valence-corrected chi connectivity index (χ4v) is 3.07. The van der Waals surface area contributed by atoms with Gasteiger partial charge < -0.3 is 4.90 Å². The molecular weight excluding hydrogens is 228 g/mol. The highest BCUT2D eigenvalue weighted by Gasteiger charge is 2.16. The van der Waals surface area contributed by atoms with Gasteiger partial charge in [0.1, 0.15) is 0 Å². The van der Waals surface area contributed by atoms with E-state index in [1.54, 1.807) is 0 Å². The third kappa shape index (κ3) is 2.65. The van der Waals surface area contributed by atoms with Crippen molar-refractivity contribution >= 4 is 22.6 Å². The van der Waals surface area contributed by atoms with E-state index in [4.69, 9.17) is 4.99 Å². The van der Waals surface area contributed by atoms with Gasteiger partial charge in [-0.05, 0) is 24.0 Å². The van der Waals surface area contributed by atoms with Crippen molar-refractivity contribution in [1.29, 1.82) is 0 Å². The lowest BCUT2D eigenvalue weighted by molar-refractivity contribution is 0.563. The zero-order chi connectivity index (χ0) is 12.3. The molecule has 0 radical (unpaired) electrons. The predicted molar refractivity (Wildman–Crippen MR) is 77.4 cm³/mol. The molecule has 2 nitrogen and oxygen atoms in total. The second-order valence-electron chi connectivity index (χ2n) is 4.30. The van der Waals surface area contributed by atoms with Crippen molar-refractivity contribution in [2.24, 2.45) is 4.99 Å². The first-order chi connectivity index (χ1) is 8.26. The first-order valence-corrected chi connectivity index (χ1v) is 7.28. The zero-order valence-corrected chi connectivity index (χ0v) is 11.7. The molecule has 17 heavy (non-hydrogen) atoms. The van der Waals surface area contributed by atoms with Crippen LogP contribution in [0.5, 0.6) is 0 Å². The minimum Gasteiger partial charge on any atom is -0.353 e. The predicted octanol–water partition coefficient (Wildman–Crippen LogP) is 3.48. The maximum absolute atomic E-state index is 4.89. The van der Waals surface area contributed by atoms with Gasteiger partial charge >= 0.3 is 0 Å². The summed E-state index contributed by atoms with van der Waals surface area (Å²) in [6.07, 6.45) is 2.10. The lowest BCUT2D eigenvalue weighted by Crippen LogP contribution is -2.18. The zero-order valence-electron chi connectivity index (χ0n) is 10.9. The number of thioether (sulfide) groups is 1. The van der Waals surface area contributed by atoms with E-state index in [9.17, 15) is 0 Å². The third-order valence-electron chi connectivity index (χ3n) is 3.16. The van der Waals surface area contributed by atoms with Gasteiger partial charge in [0, 0.05) is 19.3 Å². The Labute approximate surface area is 108 Å². The summed E-state index contributed by atoms with van der Waals surface area (Å²) in [5.41, 5.74) is 3.92. The Morgan fingerprint density at radius 2 is 1.88 bits per heavy atom. The smallest absolute Gasteiger partial charge is 0.164 e. The minimum atomic E-state index is 1.05. The summed E-state index contributed by atoms with van der Waals surface area (Å²) < 4.78 is 0. The monoisotopic (exact) mass is 248 g/mol. The molecule has 0 N–H and O–H groups in total. The van der Waals surface area contributed by atoms with Gasteiger partial charge in [-0.3, -0.25) is 0 Å². The lowest BCUT2D eigenvalue weighted by Gasteiger charge is -2.13. The Balaban J connectivity index is 2.42. The van der Waals surface area contributed by atoms with Gasteiger partial charge in [0.25, 0.3) is 0 Å². The lowest BCUT2D eigenvalue weighted by atomic mass is 10.0. The molecule has 0 amide bonds. The van der Waals surface area contributed by atoms with Crippen molar-refractivity contribution in [2.75, 3.05) is 19.3 Å². The van der Waals surface area contributed by atoms with Crippen LogP contribution in [0.15, 0.2) is 23.2 Å². The SMILES string of the molecule is CCc1cccc(CC)c1N=C1SCCN1C. The Morgan fingerprint density at radius 1 is 1.24 bits per heavy atom. The van der Waals surface area contributed by atoms with Crippen molar-refractivity contribution in [3.8, 4) is 0 Å². The van der Waals surface area contributed by atoms with Gasteiger partial charge in [-0.1, -0.05) is 43.8 Å². The second kappa shape index (κ2) is 5.58. The molecule has 0 spiro atoms. The topological polar surface area (TPSA) is 15.6 Å². The number of benzene rings is 1. The van der Waals surface area contributed by atoms with Crippen LogP contribution in [0.3, 0.4) is 0 Å². The standard InChI is InChI=1S/C14H20N2S/c1-4-11-7-6-8-12(5-2)13(11)15-14-16(3)9-10-17-14/h6-8H,4-5,9-10H2,1-3H3. The van der Waals surface area contributed by atoms with Gasteiger partial charge in [-0.25, -0.2) is 4.99 Å². The van der Waals surface area contributed by atoms with Crippen molar-refractivity contribution in [2.45, 2.75) is 26.7 Å². The van der Waals surface area contributed by atoms with E-state index in [1.165, 1.54) is 22.0 Å². The van der Waals surface area contributed by atoms with Crippen LogP contribution in [-0.4, -0.2) is 29.4 Å². The van der Waals surface area contributed by atoms with Crippen LogP contribution in [0.25, 0.3) is 0 Å². The highest BCUT2D eigenvalue weighted by Crippen LogP contribution is 2.29. The molecular formula is C14H20N2S. The molecule has 0 atom stereocenters. The summed E-state index contributed by atoms with van der Waals surface area (Å²) >= 11 is 1.86. The first kappa shape index (κ1) is 12.5. The van der Waals surface area contributed by atoms with Gasteiger partial charge in [0.05, 0.1) is 5.69 Å². The number of aliphatic imine (C=N–C) groups is 1. The van der Waals surface area contributed by atoms with Crippen molar-refractivity contribution in [1.82, 2.24) is 4.90 Å². The molecule has 0 aliphatic carbocycles. The Kier molecular flexibility index (Phi) is 4.11. The van der Waals surface area contributed by atoms with E-state index in [2.05, 4.69) is 44.0 Å². The van der Waals surface area contributed by atoms with Crippen molar-refractivity contribution < 1.29 is 0 Å². The molecule has 1 heterocycles. The highest BCUT2D eigenvalue weighted by atomic mass is 32.2. The highest BCUT2D eigenvalue weighted by molar-refractivity contribution is 8.14. The summed E-state index contributed by atoms with van der Waals surface area (Å²) in [5.74, 6) is 1.16. The first-order valence-electron chi connectivity index (χ1n) is 6.29. The van der Waals surface area contributed by atoms with Crippen LogP contribution in [0, 0.1) is 0 Å². The number of aryl methyl sites for hydroxylation is 2. The van der Waals surface area contributed by atoms with Crippen LogP contribution in [0.1, 0.15) is 25.0 Å².